The molecule has 1 saturated heterocycles. The Hall–Kier alpha value is -1.87. The second kappa shape index (κ2) is 7.87. The molecule has 3 aromatic rings. The fourth-order valence-electron chi connectivity index (χ4n) is 3.62. The van der Waals surface area contributed by atoms with Crippen LogP contribution < -0.4 is 0 Å². The van der Waals surface area contributed by atoms with E-state index >= 15 is 0 Å². The van der Waals surface area contributed by atoms with Gasteiger partial charge in [0.1, 0.15) is 36.3 Å². The van der Waals surface area contributed by atoms with Gasteiger partial charge in [-0.1, -0.05) is 24.3 Å². The minimum Gasteiger partial charge on any atom is -0.394 e. The largest absolute Gasteiger partial charge is 0.394 e. The van der Waals surface area contributed by atoms with E-state index in [-0.39, 0.29) is 5.82 Å². The molecule has 0 aliphatic carbocycles. The van der Waals surface area contributed by atoms with Crippen LogP contribution in [0.15, 0.2) is 48.5 Å². The molecule has 0 unspecified atom stereocenters. The number of aliphatic hydroxyl groups excluding tert-OH is 4. The molecular weight excluding hydrogens is 383 g/mol. The molecule has 1 fully saturated rings. The number of halogens is 1. The van der Waals surface area contributed by atoms with Crippen molar-refractivity contribution in [2.24, 2.45) is 0 Å². The van der Waals surface area contributed by atoms with Crippen molar-refractivity contribution < 1.29 is 29.6 Å². The Morgan fingerprint density at radius 1 is 1.07 bits per heavy atom. The van der Waals surface area contributed by atoms with E-state index in [1.54, 1.807) is 17.4 Å². The van der Waals surface area contributed by atoms with Gasteiger partial charge in [0.2, 0.25) is 0 Å². The first-order valence-corrected chi connectivity index (χ1v) is 9.86. The highest BCUT2D eigenvalue weighted by atomic mass is 32.1. The van der Waals surface area contributed by atoms with Crippen molar-refractivity contribution >= 4 is 21.4 Å². The standard InChI is InChI=1S/C21H21FO5S/c22-15-6-5-12(20-18(25)19(26)21(27-20)16(24)10-23)7-13(15)9-14-8-11-3-1-2-4-17(11)28-14/h1-8,16,18-21,23-26H,9-10H2/t16-,18-,19-,20+,21-/m1/s1. The fraction of sp³-hybridized carbons (Fsp3) is 0.333. The predicted molar refractivity (Wildman–Crippen MR) is 104 cm³/mol. The minimum absolute atomic E-state index is 0.360. The van der Waals surface area contributed by atoms with Gasteiger partial charge in [0.05, 0.1) is 6.61 Å². The van der Waals surface area contributed by atoms with Gasteiger partial charge in [-0.3, -0.25) is 0 Å². The second-order valence-corrected chi connectivity index (χ2v) is 8.20. The fourth-order valence-corrected chi connectivity index (χ4v) is 4.71. The van der Waals surface area contributed by atoms with Gasteiger partial charge in [0.25, 0.3) is 0 Å². The van der Waals surface area contributed by atoms with Crippen LogP contribution >= 0.6 is 11.3 Å². The molecule has 4 rings (SSSR count). The van der Waals surface area contributed by atoms with E-state index < -0.39 is 37.1 Å². The SMILES string of the molecule is OC[C@@H](O)[C@H]1O[C@@H](c2ccc(F)c(Cc3cc4ccccc4s3)c2)[C@H](O)[C@H]1O. The zero-order valence-electron chi connectivity index (χ0n) is 14.9. The van der Waals surface area contributed by atoms with Crippen molar-refractivity contribution in [1.82, 2.24) is 0 Å². The molecule has 148 valence electrons. The monoisotopic (exact) mass is 404 g/mol. The molecule has 0 saturated carbocycles. The van der Waals surface area contributed by atoms with Crippen molar-refractivity contribution in [1.29, 1.82) is 0 Å². The lowest BCUT2D eigenvalue weighted by Gasteiger charge is -2.19. The van der Waals surface area contributed by atoms with E-state index in [4.69, 9.17) is 9.84 Å². The number of hydrogen-bond acceptors (Lipinski definition) is 6. The van der Waals surface area contributed by atoms with Crippen LogP contribution in [0.4, 0.5) is 4.39 Å². The summed E-state index contributed by atoms with van der Waals surface area (Å²) in [7, 11) is 0. The Balaban J connectivity index is 1.60. The van der Waals surface area contributed by atoms with E-state index in [9.17, 15) is 19.7 Å². The molecule has 1 aliphatic rings. The third-order valence-electron chi connectivity index (χ3n) is 5.11. The summed E-state index contributed by atoms with van der Waals surface area (Å²) in [6, 6.07) is 14.4. The van der Waals surface area contributed by atoms with Gasteiger partial charge in [0.15, 0.2) is 0 Å². The maximum Gasteiger partial charge on any atom is 0.126 e. The van der Waals surface area contributed by atoms with E-state index in [2.05, 4.69) is 0 Å². The molecule has 1 aromatic heterocycles. The van der Waals surface area contributed by atoms with Crippen LogP contribution in [0.1, 0.15) is 22.1 Å². The second-order valence-electron chi connectivity index (χ2n) is 7.03. The maximum atomic E-state index is 14.4. The number of aliphatic hydroxyl groups is 4. The summed E-state index contributed by atoms with van der Waals surface area (Å²) < 4.78 is 21.1. The number of benzene rings is 2. The first kappa shape index (κ1) is 19.4. The maximum absolute atomic E-state index is 14.4. The van der Waals surface area contributed by atoms with Gasteiger partial charge >= 0.3 is 0 Å². The van der Waals surface area contributed by atoms with E-state index in [0.717, 1.165) is 15.0 Å². The summed E-state index contributed by atoms with van der Waals surface area (Å²) in [5.41, 5.74) is 0.970. The molecule has 0 spiro atoms. The zero-order chi connectivity index (χ0) is 19.8. The lowest BCUT2D eigenvalue weighted by molar-refractivity contribution is -0.0820. The molecule has 7 heteroatoms. The predicted octanol–water partition coefficient (Wildman–Crippen LogP) is 2.15. The molecule has 2 aromatic carbocycles. The average Bonchev–Trinajstić information content (AvgIpc) is 3.24. The highest BCUT2D eigenvalue weighted by Crippen LogP contribution is 2.36. The smallest absolute Gasteiger partial charge is 0.126 e. The third-order valence-corrected chi connectivity index (χ3v) is 6.22. The molecular formula is C21H21FO5S. The average molecular weight is 404 g/mol. The highest BCUT2D eigenvalue weighted by molar-refractivity contribution is 7.19. The van der Waals surface area contributed by atoms with Gasteiger partial charge in [0, 0.05) is 16.0 Å². The molecule has 28 heavy (non-hydrogen) atoms. The van der Waals surface area contributed by atoms with Gasteiger partial charge in [-0.15, -0.1) is 11.3 Å². The first-order chi connectivity index (χ1) is 13.5. The topological polar surface area (TPSA) is 90.2 Å². The number of rotatable bonds is 5. The lowest BCUT2D eigenvalue weighted by atomic mass is 9.97. The Kier molecular flexibility index (Phi) is 5.46. The lowest BCUT2D eigenvalue weighted by Crippen LogP contribution is -2.40. The molecule has 0 amide bonds. The van der Waals surface area contributed by atoms with Crippen molar-refractivity contribution in [3.63, 3.8) is 0 Å². The van der Waals surface area contributed by atoms with Crippen LogP contribution in [-0.4, -0.2) is 51.4 Å². The molecule has 1 aliphatic heterocycles. The van der Waals surface area contributed by atoms with Crippen molar-refractivity contribution in [3.8, 4) is 0 Å². The summed E-state index contributed by atoms with van der Waals surface area (Å²) in [6.45, 7) is -0.595. The molecule has 5 atom stereocenters. The summed E-state index contributed by atoms with van der Waals surface area (Å²) in [5.74, 6) is -0.360. The van der Waals surface area contributed by atoms with Crippen LogP contribution in [0.3, 0.4) is 0 Å². The van der Waals surface area contributed by atoms with Crippen LogP contribution in [0.2, 0.25) is 0 Å². The minimum atomic E-state index is -1.34. The van der Waals surface area contributed by atoms with E-state index in [1.165, 1.54) is 12.1 Å². The number of fused-ring (bicyclic) bond motifs is 1. The molecule has 0 bridgehead atoms. The van der Waals surface area contributed by atoms with Crippen molar-refractivity contribution in [2.45, 2.75) is 36.9 Å². The first-order valence-electron chi connectivity index (χ1n) is 9.04. The Morgan fingerprint density at radius 2 is 1.86 bits per heavy atom. The normalized spacial score (nSPS) is 26.0. The van der Waals surface area contributed by atoms with Crippen LogP contribution in [0.25, 0.3) is 10.1 Å². The van der Waals surface area contributed by atoms with Crippen molar-refractivity contribution in [2.75, 3.05) is 6.61 Å². The quantitative estimate of drug-likeness (QED) is 0.523. The van der Waals surface area contributed by atoms with Crippen LogP contribution in [-0.2, 0) is 11.2 Å². The van der Waals surface area contributed by atoms with Gasteiger partial charge < -0.3 is 25.2 Å². The highest BCUT2D eigenvalue weighted by Gasteiger charge is 2.46. The Morgan fingerprint density at radius 3 is 2.61 bits per heavy atom. The van der Waals surface area contributed by atoms with Crippen LogP contribution in [0.5, 0.6) is 0 Å². The van der Waals surface area contributed by atoms with E-state index in [1.807, 2.05) is 30.3 Å². The summed E-state index contributed by atoms with van der Waals surface area (Å²) in [4.78, 5) is 1.01. The zero-order valence-corrected chi connectivity index (χ0v) is 15.7. The molecule has 4 N–H and O–H groups in total. The Bertz CT molecular complexity index is 941. The van der Waals surface area contributed by atoms with E-state index in [0.29, 0.717) is 17.5 Å². The third kappa shape index (κ3) is 3.57. The van der Waals surface area contributed by atoms with Crippen LogP contribution in [0, 0.1) is 5.82 Å². The summed E-state index contributed by atoms with van der Waals surface area (Å²) in [5, 5.41) is 40.4. The summed E-state index contributed by atoms with van der Waals surface area (Å²) >= 11 is 1.60. The Labute approximate surface area is 165 Å². The van der Waals surface area contributed by atoms with Gasteiger partial charge in [-0.25, -0.2) is 4.39 Å². The molecule has 0 radical (unpaired) electrons. The number of thiophene rings is 1. The van der Waals surface area contributed by atoms with Crippen molar-refractivity contribution in [3.05, 3.63) is 70.4 Å². The van der Waals surface area contributed by atoms with Gasteiger partial charge in [-0.05, 0) is 40.8 Å². The molecule has 5 nitrogen and oxygen atoms in total. The number of ether oxygens (including phenoxy) is 1. The number of hydrogen-bond donors (Lipinski definition) is 4. The molecule has 2 heterocycles. The van der Waals surface area contributed by atoms with Gasteiger partial charge in [-0.2, -0.15) is 0 Å². The summed E-state index contributed by atoms with van der Waals surface area (Å²) in [6.07, 6.45) is -5.57.